The molecule has 1 unspecified atom stereocenters. The van der Waals surface area contributed by atoms with Crippen molar-refractivity contribution in [3.63, 3.8) is 0 Å². The monoisotopic (exact) mass is 247 g/mol. The molecule has 2 N–H and O–H groups in total. The number of rotatable bonds is 6. The van der Waals surface area contributed by atoms with Crippen LogP contribution in [0.25, 0.3) is 0 Å². The lowest BCUT2D eigenvalue weighted by atomic mass is 9.87. The van der Waals surface area contributed by atoms with E-state index in [1.54, 1.807) is 0 Å². The lowest BCUT2D eigenvalue weighted by Crippen LogP contribution is -2.13. The van der Waals surface area contributed by atoms with Crippen molar-refractivity contribution in [3.05, 3.63) is 34.9 Å². The smallest absolute Gasteiger partial charge is 0.0297 e. The molecular formula is C17H29N. The molecule has 0 fully saturated rings. The number of unbranched alkanes of at least 4 members (excludes halogenated alkanes) is 1. The van der Waals surface area contributed by atoms with E-state index in [1.807, 2.05) is 0 Å². The molecule has 1 atom stereocenters. The van der Waals surface area contributed by atoms with Crippen molar-refractivity contribution in [2.24, 2.45) is 5.73 Å². The van der Waals surface area contributed by atoms with Gasteiger partial charge in [0.2, 0.25) is 0 Å². The first kappa shape index (κ1) is 15.2. The van der Waals surface area contributed by atoms with Crippen molar-refractivity contribution in [2.75, 3.05) is 0 Å². The molecule has 0 amide bonds. The predicted molar refractivity (Wildman–Crippen MR) is 81.1 cm³/mol. The minimum Gasteiger partial charge on any atom is -0.324 e. The highest BCUT2D eigenvalue weighted by atomic mass is 14.6. The molecule has 0 aliphatic carbocycles. The molecule has 0 aliphatic rings. The highest BCUT2D eigenvalue weighted by Gasteiger charge is 2.14. The van der Waals surface area contributed by atoms with Gasteiger partial charge in [-0.25, -0.2) is 0 Å². The van der Waals surface area contributed by atoms with Gasteiger partial charge in [-0.1, -0.05) is 65.7 Å². The van der Waals surface area contributed by atoms with Gasteiger partial charge >= 0.3 is 0 Å². The van der Waals surface area contributed by atoms with Crippen LogP contribution in [0.4, 0.5) is 0 Å². The van der Waals surface area contributed by atoms with Crippen molar-refractivity contribution >= 4 is 0 Å². The van der Waals surface area contributed by atoms with Gasteiger partial charge in [0.1, 0.15) is 0 Å². The van der Waals surface area contributed by atoms with Gasteiger partial charge < -0.3 is 5.73 Å². The van der Waals surface area contributed by atoms with Gasteiger partial charge in [-0.3, -0.25) is 0 Å². The largest absolute Gasteiger partial charge is 0.324 e. The fourth-order valence-corrected chi connectivity index (χ4v) is 2.37. The lowest BCUT2D eigenvalue weighted by Gasteiger charge is -2.21. The third kappa shape index (κ3) is 3.84. The van der Waals surface area contributed by atoms with Gasteiger partial charge in [-0.15, -0.1) is 0 Å². The van der Waals surface area contributed by atoms with Crippen LogP contribution in [0.5, 0.6) is 0 Å². The van der Waals surface area contributed by atoms with Gasteiger partial charge in [0.05, 0.1) is 0 Å². The fraction of sp³-hybridized carbons (Fsp3) is 0.647. The van der Waals surface area contributed by atoms with Gasteiger partial charge in [0.25, 0.3) is 0 Å². The average molecular weight is 247 g/mol. The van der Waals surface area contributed by atoms with Crippen LogP contribution in [0.1, 0.15) is 88.4 Å². The van der Waals surface area contributed by atoms with E-state index in [0.29, 0.717) is 11.8 Å². The first-order valence-corrected chi connectivity index (χ1v) is 7.36. The van der Waals surface area contributed by atoms with E-state index in [0.717, 1.165) is 6.42 Å². The molecule has 0 radical (unpaired) electrons. The maximum Gasteiger partial charge on any atom is 0.0297 e. The second-order valence-electron chi connectivity index (χ2n) is 5.95. The Kier molecular flexibility index (Phi) is 5.87. The Hall–Kier alpha value is -0.820. The molecule has 1 aromatic carbocycles. The van der Waals surface area contributed by atoms with Crippen molar-refractivity contribution < 1.29 is 0 Å². The number of hydrogen-bond donors (Lipinski definition) is 1. The highest BCUT2D eigenvalue weighted by Crippen LogP contribution is 2.29. The summed E-state index contributed by atoms with van der Waals surface area (Å²) in [7, 11) is 0. The van der Waals surface area contributed by atoms with Crippen molar-refractivity contribution in [1.82, 2.24) is 0 Å². The van der Waals surface area contributed by atoms with Crippen molar-refractivity contribution in [3.8, 4) is 0 Å². The SMILES string of the molecule is CCCCC(N)c1ccc(C(C)C)cc1C(C)C. The van der Waals surface area contributed by atoms with Gasteiger partial charge in [-0.05, 0) is 34.9 Å². The minimum atomic E-state index is 0.198. The molecule has 0 spiro atoms. The minimum absolute atomic E-state index is 0.198. The molecule has 102 valence electrons. The summed E-state index contributed by atoms with van der Waals surface area (Å²) < 4.78 is 0. The molecule has 1 heteroatoms. The van der Waals surface area contributed by atoms with Crippen LogP contribution in [0, 0.1) is 0 Å². The van der Waals surface area contributed by atoms with E-state index in [-0.39, 0.29) is 6.04 Å². The van der Waals surface area contributed by atoms with E-state index in [2.05, 4.69) is 52.8 Å². The summed E-state index contributed by atoms with van der Waals surface area (Å²) in [4.78, 5) is 0. The average Bonchev–Trinajstić information content (AvgIpc) is 2.34. The van der Waals surface area contributed by atoms with Crippen LogP contribution in [0.2, 0.25) is 0 Å². The third-order valence-corrected chi connectivity index (χ3v) is 3.67. The number of nitrogens with two attached hydrogens (primary N) is 1. The summed E-state index contributed by atoms with van der Waals surface area (Å²) in [6, 6.07) is 7.06. The Balaban J connectivity index is 3.03. The van der Waals surface area contributed by atoms with Crippen LogP contribution >= 0.6 is 0 Å². The zero-order chi connectivity index (χ0) is 13.7. The topological polar surface area (TPSA) is 26.0 Å². The first-order valence-electron chi connectivity index (χ1n) is 7.36. The molecule has 0 saturated heterocycles. The second-order valence-corrected chi connectivity index (χ2v) is 5.95. The van der Waals surface area contributed by atoms with Crippen LogP contribution in [-0.4, -0.2) is 0 Å². The molecule has 1 aromatic rings. The molecule has 0 saturated carbocycles. The molecule has 0 heterocycles. The maximum atomic E-state index is 6.35. The van der Waals surface area contributed by atoms with Crippen LogP contribution in [0.15, 0.2) is 18.2 Å². The van der Waals surface area contributed by atoms with Crippen molar-refractivity contribution in [2.45, 2.75) is 71.8 Å². The maximum absolute atomic E-state index is 6.35. The van der Waals surface area contributed by atoms with E-state index in [4.69, 9.17) is 5.73 Å². The molecule has 0 aliphatic heterocycles. The number of hydrogen-bond acceptors (Lipinski definition) is 1. The van der Waals surface area contributed by atoms with Gasteiger partial charge in [0.15, 0.2) is 0 Å². The Morgan fingerprint density at radius 3 is 2.17 bits per heavy atom. The molecule has 18 heavy (non-hydrogen) atoms. The van der Waals surface area contributed by atoms with Gasteiger partial charge in [-0.2, -0.15) is 0 Å². The normalized spacial score (nSPS) is 13.3. The van der Waals surface area contributed by atoms with Crippen LogP contribution in [-0.2, 0) is 0 Å². The predicted octanol–water partition coefficient (Wildman–Crippen LogP) is 5.12. The second kappa shape index (κ2) is 6.94. The Morgan fingerprint density at radius 2 is 1.67 bits per heavy atom. The van der Waals surface area contributed by atoms with E-state index < -0.39 is 0 Å². The Bertz CT molecular complexity index is 366. The van der Waals surface area contributed by atoms with E-state index >= 15 is 0 Å². The standard InChI is InChI=1S/C17H29N/c1-6-7-8-17(18)15-10-9-14(12(2)3)11-16(15)13(4)5/h9-13,17H,6-8,18H2,1-5H3. The Morgan fingerprint density at radius 1 is 1.00 bits per heavy atom. The molecular weight excluding hydrogens is 218 g/mol. The molecule has 0 aromatic heterocycles. The zero-order valence-corrected chi connectivity index (χ0v) is 12.7. The summed E-state index contributed by atoms with van der Waals surface area (Å²) in [6.07, 6.45) is 3.52. The quantitative estimate of drug-likeness (QED) is 0.741. The molecule has 1 nitrogen and oxygen atoms in total. The first-order chi connectivity index (χ1) is 8.47. The van der Waals surface area contributed by atoms with E-state index in [9.17, 15) is 0 Å². The van der Waals surface area contributed by atoms with Gasteiger partial charge in [0, 0.05) is 6.04 Å². The highest BCUT2D eigenvalue weighted by molar-refractivity contribution is 5.37. The molecule has 1 rings (SSSR count). The zero-order valence-electron chi connectivity index (χ0n) is 12.7. The third-order valence-electron chi connectivity index (χ3n) is 3.67. The lowest BCUT2D eigenvalue weighted by molar-refractivity contribution is 0.594. The van der Waals surface area contributed by atoms with Crippen LogP contribution < -0.4 is 5.73 Å². The molecule has 0 bridgehead atoms. The van der Waals surface area contributed by atoms with E-state index in [1.165, 1.54) is 29.5 Å². The Labute approximate surface area is 113 Å². The summed E-state index contributed by atoms with van der Waals surface area (Å²) in [6.45, 7) is 11.2. The summed E-state index contributed by atoms with van der Waals surface area (Å²) >= 11 is 0. The van der Waals surface area contributed by atoms with Crippen molar-refractivity contribution in [1.29, 1.82) is 0 Å². The summed E-state index contributed by atoms with van der Waals surface area (Å²) in [5.41, 5.74) is 10.6. The fourth-order valence-electron chi connectivity index (χ4n) is 2.37. The number of benzene rings is 1. The van der Waals surface area contributed by atoms with Crippen LogP contribution in [0.3, 0.4) is 0 Å². The summed E-state index contributed by atoms with van der Waals surface area (Å²) in [5.74, 6) is 1.13. The summed E-state index contributed by atoms with van der Waals surface area (Å²) in [5, 5.41) is 0.